The standard InChI is InChI=1S/C12H19NO2/c1-10-4-5-12(11(8-10)9-14)13(2)6-7-15-3/h4-5,8,14H,6-7,9H2,1-3H3. The van der Waals surface area contributed by atoms with E-state index in [1.54, 1.807) is 7.11 Å². The lowest BCUT2D eigenvalue weighted by atomic mass is 10.1. The van der Waals surface area contributed by atoms with Crippen molar-refractivity contribution in [1.29, 1.82) is 0 Å². The second-order valence-electron chi connectivity index (χ2n) is 3.70. The molecule has 0 amide bonds. The van der Waals surface area contributed by atoms with Crippen LogP contribution in [0.5, 0.6) is 0 Å². The van der Waals surface area contributed by atoms with Crippen LogP contribution in [0.3, 0.4) is 0 Å². The van der Waals surface area contributed by atoms with Crippen LogP contribution in [0, 0.1) is 6.92 Å². The molecule has 0 aliphatic rings. The lowest BCUT2D eigenvalue weighted by Gasteiger charge is -2.21. The molecule has 1 rings (SSSR count). The van der Waals surface area contributed by atoms with Gasteiger partial charge in [-0.3, -0.25) is 0 Å². The minimum Gasteiger partial charge on any atom is -0.392 e. The van der Waals surface area contributed by atoms with E-state index in [0.29, 0.717) is 6.61 Å². The van der Waals surface area contributed by atoms with Crippen LogP contribution < -0.4 is 4.90 Å². The molecular weight excluding hydrogens is 190 g/mol. The van der Waals surface area contributed by atoms with Gasteiger partial charge >= 0.3 is 0 Å². The average molecular weight is 209 g/mol. The number of nitrogens with zero attached hydrogens (tertiary/aromatic N) is 1. The number of hydrogen-bond donors (Lipinski definition) is 1. The number of hydrogen-bond acceptors (Lipinski definition) is 3. The Morgan fingerprint density at radius 2 is 2.13 bits per heavy atom. The van der Waals surface area contributed by atoms with Gasteiger partial charge in [-0.15, -0.1) is 0 Å². The van der Waals surface area contributed by atoms with Gasteiger partial charge in [0.1, 0.15) is 0 Å². The van der Waals surface area contributed by atoms with Gasteiger partial charge in [-0.1, -0.05) is 17.7 Å². The summed E-state index contributed by atoms with van der Waals surface area (Å²) in [6.07, 6.45) is 0. The van der Waals surface area contributed by atoms with E-state index in [9.17, 15) is 5.11 Å². The summed E-state index contributed by atoms with van der Waals surface area (Å²) in [7, 11) is 3.69. The van der Waals surface area contributed by atoms with Crippen LogP contribution >= 0.6 is 0 Å². The Bertz CT molecular complexity index is 312. The molecular formula is C12H19NO2. The van der Waals surface area contributed by atoms with E-state index in [2.05, 4.69) is 11.0 Å². The van der Waals surface area contributed by atoms with Gasteiger partial charge in [0.05, 0.1) is 13.2 Å². The maximum atomic E-state index is 9.26. The summed E-state index contributed by atoms with van der Waals surface area (Å²) in [4.78, 5) is 2.09. The molecule has 84 valence electrons. The predicted molar refractivity (Wildman–Crippen MR) is 62.2 cm³/mol. The number of ether oxygens (including phenoxy) is 1. The third kappa shape index (κ3) is 3.22. The second-order valence-corrected chi connectivity index (χ2v) is 3.70. The minimum atomic E-state index is 0.0777. The molecule has 1 aromatic carbocycles. The van der Waals surface area contributed by atoms with Crippen molar-refractivity contribution >= 4 is 5.69 Å². The van der Waals surface area contributed by atoms with Crippen molar-refractivity contribution in [2.45, 2.75) is 13.5 Å². The van der Waals surface area contributed by atoms with Gasteiger partial charge < -0.3 is 14.7 Å². The van der Waals surface area contributed by atoms with E-state index >= 15 is 0 Å². The van der Waals surface area contributed by atoms with Gasteiger partial charge in [0.2, 0.25) is 0 Å². The smallest absolute Gasteiger partial charge is 0.0702 e. The van der Waals surface area contributed by atoms with E-state index in [1.165, 1.54) is 5.56 Å². The molecule has 0 heterocycles. The van der Waals surface area contributed by atoms with Crippen LogP contribution in [0.1, 0.15) is 11.1 Å². The van der Waals surface area contributed by atoms with Crippen molar-refractivity contribution in [3.05, 3.63) is 29.3 Å². The third-order valence-corrected chi connectivity index (χ3v) is 2.45. The van der Waals surface area contributed by atoms with Gasteiger partial charge in [-0.05, 0) is 13.0 Å². The summed E-state index contributed by atoms with van der Waals surface area (Å²) in [5.74, 6) is 0. The molecule has 0 saturated carbocycles. The summed E-state index contributed by atoms with van der Waals surface area (Å²) in [5.41, 5.74) is 3.21. The Morgan fingerprint density at radius 1 is 1.40 bits per heavy atom. The zero-order chi connectivity index (χ0) is 11.3. The first-order valence-electron chi connectivity index (χ1n) is 5.09. The number of aryl methyl sites for hydroxylation is 1. The topological polar surface area (TPSA) is 32.7 Å². The largest absolute Gasteiger partial charge is 0.392 e. The third-order valence-electron chi connectivity index (χ3n) is 2.45. The average Bonchev–Trinajstić information content (AvgIpc) is 2.25. The molecule has 15 heavy (non-hydrogen) atoms. The molecule has 3 heteroatoms. The second kappa shape index (κ2) is 5.73. The van der Waals surface area contributed by atoms with Crippen LogP contribution in [0.25, 0.3) is 0 Å². The van der Waals surface area contributed by atoms with E-state index in [1.807, 2.05) is 26.1 Å². The Balaban J connectivity index is 2.82. The highest BCUT2D eigenvalue weighted by atomic mass is 16.5. The highest BCUT2D eigenvalue weighted by Gasteiger charge is 2.06. The molecule has 0 aromatic heterocycles. The van der Waals surface area contributed by atoms with E-state index in [0.717, 1.165) is 17.8 Å². The number of anilines is 1. The summed E-state index contributed by atoms with van der Waals surface area (Å²) in [5, 5.41) is 9.26. The fourth-order valence-electron chi connectivity index (χ4n) is 1.56. The SMILES string of the molecule is COCCN(C)c1ccc(C)cc1CO. The quantitative estimate of drug-likeness (QED) is 0.799. The van der Waals surface area contributed by atoms with E-state index in [4.69, 9.17) is 4.74 Å². The van der Waals surface area contributed by atoms with Gasteiger partial charge in [0.15, 0.2) is 0 Å². The van der Waals surface area contributed by atoms with E-state index in [-0.39, 0.29) is 6.61 Å². The summed E-state index contributed by atoms with van der Waals surface area (Å²) >= 11 is 0. The van der Waals surface area contributed by atoms with Gasteiger partial charge in [-0.25, -0.2) is 0 Å². The number of likely N-dealkylation sites (N-methyl/N-ethyl adjacent to an activating group) is 1. The van der Waals surface area contributed by atoms with Crippen LogP contribution in [0.2, 0.25) is 0 Å². The fraction of sp³-hybridized carbons (Fsp3) is 0.500. The lowest BCUT2D eigenvalue weighted by molar-refractivity contribution is 0.206. The zero-order valence-electron chi connectivity index (χ0n) is 9.66. The van der Waals surface area contributed by atoms with Crippen molar-refractivity contribution in [3.8, 4) is 0 Å². The summed E-state index contributed by atoms with van der Waals surface area (Å²) in [6.45, 7) is 3.62. The Hall–Kier alpha value is -1.06. The maximum absolute atomic E-state index is 9.26. The molecule has 1 aromatic rings. The Morgan fingerprint density at radius 3 is 2.73 bits per heavy atom. The maximum Gasteiger partial charge on any atom is 0.0702 e. The molecule has 0 spiro atoms. The molecule has 0 atom stereocenters. The number of aliphatic hydroxyl groups is 1. The van der Waals surface area contributed by atoms with Gasteiger partial charge in [0, 0.05) is 32.0 Å². The monoisotopic (exact) mass is 209 g/mol. The number of aliphatic hydroxyl groups excluding tert-OH is 1. The predicted octanol–water partition coefficient (Wildman–Crippen LogP) is 1.57. The summed E-state index contributed by atoms with van der Waals surface area (Å²) < 4.78 is 5.03. The van der Waals surface area contributed by atoms with E-state index < -0.39 is 0 Å². The fourth-order valence-corrected chi connectivity index (χ4v) is 1.56. The first kappa shape index (κ1) is 12.0. The molecule has 0 aliphatic heterocycles. The highest BCUT2D eigenvalue weighted by molar-refractivity contribution is 5.54. The first-order valence-corrected chi connectivity index (χ1v) is 5.09. The number of methoxy groups -OCH3 is 1. The van der Waals surface area contributed by atoms with Crippen LogP contribution in [0.15, 0.2) is 18.2 Å². The van der Waals surface area contributed by atoms with Crippen LogP contribution in [0.4, 0.5) is 5.69 Å². The molecule has 0 aliphatic carbocycles. The first-order chi connectivity index (χ1) is 7.19. The van der Waals surface area contributed by atoms with Gasteiger partial charge in [0.25, 0.3) is 0 Å². The molecule has 0 bridgehead atoms. The van der Waals surface area contributed by atoms with Crippen molar-refractivity contribution in [3.63, 3.8) is 0 Å². The number of benzene rings is 1. The molecule has 1 N–H and O–H groups in total. The summed E-state index contributed by atoms with van der Waals surface area (Å²) in [6, 6.07) is 6.10. The molecule has 0 unspecified atom stereocenters. The zero-order valence-corrected chi connectivity index (χ0v) is 9.66. The molecule has 3 nitrogen and oxygen atoms in total. The minimum absolute atomic E-state index is 0.0777. The molecule has 0 saturated heterocycles. The van der Waals surface area contributed by atoms with Gasteiger partial charge in [-0.2, -0.15) is 0 Å². The highest BCUT2D eigenvalue weighted by Crippen LogP contribution is 2.20. The van der Waals surface area contributed by atoms with Crippen molar-refractivity contribution in [1.82, 2.24) is 0 Å². The molecule has 0 fully saturated rings. The normalized spacial score (nSPS) is 10.4. The lowest BCUT2D eigenvalue weighted by Crippen LogP contribution is -2.23. The van der Waals surface area contributed by atoms with Crippen molar-refractivity contribution in [2.75, 3.05) is 32.2 Å². The van der Waals surface area contributed by atoms with Crippen molar-refractivity contribution in [2.24, 2.45) is 0 Å². The van der Waals surface area contributed by atoms with Crippen LogP contribution in [-0.2, 0) is 11.3 Å². The Labute approximate surface area is 91.3 Å². The van der Waals surface area contributed by atoms with Crippen LogP contribution in [-0.4, -0.2) is 32.4 Å². The number of rotatable bonds is 5. The molecule has 0 radical (unpaired) electrons. The Kier molecular flexibility index (Phi) is 4.59. The van der Waals surface area contributed by atoms with Crippen molar-refractivity contribution < 1.29 is 9.84 Å².